The molecule has 0 radical (unpaired) electrons. The van der Waals surface area contributed by atoms with E-state index in [0.29, 0.717) is 0 Å². The van der Waals surface area contributed by atoms with Crippen molar-refractivity contribution in [1.29, 1.82) is 0 Å². The summed E-state index contributed by atoms with van der Waals surface area (Å²) in [6.07, 6.45) is 0. The van der Waals surface area contributed by atoms with Gasteiger partial charge in [-0.25, -0.2) is 0 Å². The predicted octanol–water partition coefficient (Wildman–Crippen LogP) is 36.2. The summed E-state index contributed by atoms with van der Waals surface area (Å²) >= 11 is 1.87. The van der Waals surface area contributed by atoms with E-state index in [2.05, 4.69) is 483 Å². The van der Waals surface area contributed by atoms with Crippen molar-refractivity contribution in [3.8, 4) is 117 Å². The molecular weight excluding hydrogens is 1660 g/mol. The fraction of sp³-hybridized carbons (Fsp3) is 0.0233. The van der Waals surface area contributed by atoms with E-state index in [-0.39, 0.29) is 5.41 Å². The molecule has 0 fully saturated rings. The van der Waals surface area contributed by atoms with E-state index in [4.69, 9.17) is 8.83 Å². The minimum absolute atomic E-state index is 0.0567. The lowest BCUT2D eigenvalue weighted by Crippen LogP contribution is -2.15. The molecule has 0 bridgehead atoms. The van der Waals surface area contributed by atoms with Crippen LogP contribution < -0.4 is 0 Å². The second kappa shape index (κ2) is 32.1. The smallest absolute Gasteiger partial charge is 0.136 e. The Bertz CT molecular complexity index is 9370. The Balaban J connectivity index is 0.000000105. The lowest BCUT2D eigenvalue weighted by molar-refractivity contribution is 0.660. The highest BCUT2D eigenvalue weighted by atomic mass is 32.1. The molecule has 0 N–H and O–H groups in total. The molecule has 21 aromatic carbocycles. The number of furan rings is 2. The van der Waals surface area contributed by atoms with Crippen LogP contribution >= 0.6 is 11.3 Å². The van der Waals surface area contributed by atoms with Crippen LogP contribution in [0.3, 0.4) is 0 Å². The van der Waals surface area contributed by atoms with Gasteiger partial charge in [0.05, 0.1) is 33.1 Å². The van der Waals surface area contributed by atoms with Crippen LogP contribution in [0.2, 0.25) is 0 Å². The maximum Gasteiger partial charge on any atom is 0.136 e. The summed E-state index contributed by atoms with van der Waals surface area (Å²) in [4.78, 5) is 0. The molecule has 0 saturated heterocycles. The SMILES string of the molecule is CC1(C)c2ccccc2-c2ccc(-n3c4ccc(-c5ccccc5)cc4c4cc(-c5ccc6sc7ccccc7c6c5)ccc43)cc21.c1ccc(-c2ccc(-c3ccc(-n4c5ccccc5c5cc(-c6cccc7oc8ccccc8c67)ccc54)cc3)cc2)cc1.c1ccc(-c2cccc(-n3c4ccccc4c4ccc(-c5ccc(-c6ccc7oc8ccccc8c7c6)cc5)cc43)c2)cc1. The molecule has 6 heterocycles. The van der Waals surface area contributed by atoms with Gasteiger partial charge in [0.2, 0.25) is 0 Å². The average molecular weight is 1740 g/mol. The van der Waals surface area contributed by atoms with Crippen LogP contribution in [-0.4, -0.2) is 13.7 Å². The highest BCUT2D eigenvalue weighted by molar-refractivity contribution is 7.25. The van der Waals surface area contributed by atoms with Crippen molar-refractivity contribution < 1.29 is 8.83 Å². The quantitative estimate of drug-likeness (QED) is 0.129. The molecule has 5 nitrogen and oxygen atoms in total. The zero-order chi connectivity index (χ0) is 89.4. The van der Waals surface area contributed by atoms with E-state index < -0.39 is 0 Å². The van der Waals surface area contributed by atoms with Gasteiger partial charge in [0.1, 0.15) is 22.3 Å². The largest absolute Gasteiger partial charge is 0.456 e. The maximum atomic E-state index is 6.20. The summed E-state index contributed by atoms with van der Waals surface area (Å²) in [5.74, 6) is 0. The third-order valence-electron chi connectivity index (χ3n) is 28.1. The summed E-state index contributed by atoms with van der Waals surface area (Å²) < 4.78 is 22.2. The standard InChI is InChI=1S/C45H31NS.2C42H27NO/c1-45(2)39-14-8-6-12-33(39)34-20-19-32(27-40(34)45)46-41-21-16-29(28-10-4-3-5-11-28)24-36(41)37-25-30(17-22-42(37)46)31-18-23-44-38(26-31)35-13-7-9-15-43(35)47-44;1-2-9-28(10-3-1)31-11-8-12-34(25-31)43-39-15-6-4-13-35(39)36-23-21-33(27-40(36)43)30-19-17-29(18-20-30)32-22-24-42-38(26-32)37-14-5-7-16-41(37)44-42;1-2-9-28(10-3-1)29-17-19-30(20-18-29)31-21-24-33(25-22-31)43-38-14-6-4-11-35(38)37-27-32(23-26-39(37)43)34-13-8-16-41-42(34)36-12-5-7-15-40(36)44-41/h3-27H,1-2H3;2*1-27H. The zero-order valence-corrected chi connectivity index (χ0v) is 75.0. The van der Waals surface area contributed by atoms with Gasteiger partial charge in [-0.05, 0) is 251 Å². The first-order valence-corrected chi connectivity index (χ1v) is 47.2. The Morgan fingerprint density at radius 3 is 1.19 bits per heavy atom. The number of rotatable bonds is 11. The lowest BCUT2D eigenvalue weighted by Gasteiger charge is -2.22. The van der Waals surface area contributed by atoms with Gasteiger partial charge in [0.25, 0.3) is 0 Å². The van der Waals surface area contributed by atoms with Gasteiger partial charge in [0.15, 0.2) is 0 Å². The predicted molar refractivity (Wildman–Crippen MR) is 571 cm³/mol. The van der Waals surface area contributed by atoms with Crippen LogP contribution in [0.4, 0.5) is 0 Å². The van der Waals surface area contributed by atoms with Crippen LogP contribution in [0.5, 0.6) is 0 Å². The molecule has 0 spiro atoms. The van der Waals surface area contributed by atoms with Gasteiger partial charge in [-0.2, -0.15) is 0 Å². The van der Waals surface area contributed by atoms with Crippen molar-refractivity contribution in [1.82, 2.24) is 13.7 Å². The number of hydrogen-bond donors (Lipinski definition) is 0. The molecular formula is C129H85N3O2S. The molecule has 135 heavy (non-hydrogen) atoms. The normalized spacial score (nSPS) is 12.3. The van der Waals surface area contributed by atoms with Crippen molar-refractivity contribution in [2.24, 2.45) is 0 Å². The van der Waals surface area contributed by atoms with Gasteiger partial charge < -0.3 is 22.5 Å². The number of para-hydroxylation sites is 4. The Morgan fingerprint density at radius 2 is 0.533 bits per heavy atom. The summed E-state index contributed by atoms with van der Waals surface area (Å²) in [6.45, 7) is 4.72. The molecule has 6 aromatic heterocycles. The molecule has 0 atom stereocenters. The first kappa shape index (κ1) is 78.8. The summed E-state index contributed by atoms with van der Waals surface area (Å²) in [5.41, 5.74) is 39.3. The number of aromatic nitrogens is 3. The average Bonchev–Trinajstić information content (AvgIpc) is 1.56. The highest BCUT2D eigenvalue weighted by Gasteiger charge is 2.36. The first-order valence-electron chi connectivity index (χ1n) is 46.4. The molecule has 0 unspecified atom stereocenters. The third-order valence-corrected chi connectivity index (χ3v) is 29.2. The van der Waals surface area contributed by atoms with Gasteiger partial charge in [-0.3, -0.25) is 0 Å². The second-order valence-corrected chi connectivity index (χ2v) is 37.2. The third kappa shape index (κ3) is 13.5. The minimum Gasteiger partial charge on any atom is -0.456 e. The Labute approximate surface area is 784 Å². The van der Waals surface area contributed by atoms with Crippen LogP contribution in [0.15, 0.2) is 488 Å². The van der Waals surface area contributed by atoms with Gasteiger partial charge in [-0.1, -0.05) is 354 Å². The number of benzene rings is 21. The maximum absolute atomic E-state index is 6.20. The molecule has 27 aromatic rings. The molecule has 28 rings (SSSR count). The van der Waals surface area contributed by atoms with Gasteiger partial charge in [-0.15, -0.1) is 11.3 Å². The molecule has 6 heteroatoms. The molecule has 0 saturated carbocycles. The molecule has 634 valence electrons. The zero-order valence-electron chi connectivity index (χ0n) is 74.2. The highest BCUT2D eigenvalue weighted by Crippen LogP contribution is 2.51. The van der Waals surface area contributed by atoms with E-state index >= 15 is 0 Å². The molecule has 1 aliphatic carbocycles. The van der Waals surface area contributed by atoms with Crippen molar-refractivity contribution >= 4 is 141 Å². The summed E-state index contributed by atoms with van der Waals surface area (Å²) in [7, 11) is 0. The van der Waals surface area contributed by atoms with Crippen molar-refractivity contribution in [3.63, 3.8) is 0 Å². The molecule has 1 aliphatic rings. The van der Waals surface area contributed by atoms with Crippen molar-refractivity contribution in [2.45, 2.75) is 19.3 Å². The van der Waals surface area contributed by atoms with Gasteiger partial charge in [0, 0.05) is 96.5 Å². The fourth-order valence-corrected chi connectivity index (χ4v) is 22.5. The number of fused-ring (bicyclic) bond motifs is 21. The summed E-state index contributed by atoms with van der Waals surface area (Å²) in [5, 5.41) is 14.8. The van der Waals surface area contributed by atoms with Crippen LogP contribution in [0, 0.1) is 0 Å². The van der Waals surface area contributed by atoms with E-state index in [0.717, 1.165) is 49.9 Å². The van der Waals surface area contributed by atoms with Crippen LogP contribution in [0.1, 0.15) is 25.0 Å². The topological polar surface area (TPSA) is 41.1 Å². The number of thiophene rings is 1. The van der Waals surface area contributed by atoms with Crippen molar-refractivity contribution in [3.05, 3.63) is 490 Å². The summed E-state index contributed by atoms with van der Waals surface area (Å²) in [6, 6.07) is 174. The van der Waals surface area contributed by atoms with Crippen LogP contribution in [0.25, 0.3) is 247 Å². The monoisotopic (exact) mass is 1740 g/mol. The van der Waals surface area contributed by atoms with E-state index in [1.165, 1.54) is 208 Å². The number of hydrogen-bond acceptors (Lipinski definition) is 3. The van der Waals surface area contributed by atoms with Gasteiger partial charge >= 0.3 is 0 Å². The Kier molecular flexibility index (Phi) is 18.8. The molecule has 0 aliphatic heterocycles. The van der Waals surface area contributed by atoms with E-state index in [1.807, 2.05) is 35.6 Å². The van der Waals surface area contributed by atoms with Crippen molar-refractivity contribution in [2.75, 3.05) is 0 Å². The minimum atomic E-state index is -0.0567. The number of nitrogens with zero attached hydrogens (tertiary/aromatic N) is 3. The Hall–Kier alpha value is -17.2. The second-order valence-electron chi connectivity index (χ2n) is 36.1. The van der Waals surface area contributed by atoms with Crippen LogP contribution in [-0.2, 0) is 5.41 Å². The van der Waals surface area contributed by atoms with E-state index in [1.54, 1.807) is 0 Å². The lowest BCUT2D eigenvalue weighted by atomic mass is 9.82. The van der Waals surface area contributed by atoms with E-state index in [9.17, 15) is 0 Å². The molecule has 0 amide bonds. The first-order chi connectivity index (χ1) is 66.7. The Morgan fingerprint density at radius 1 is 0.178 bits per heavy atom. The fourth-order valence-electron chi connectivity index (χ4n) is 21.4.